The molecule has 19 heavy (non-hydrogen) atoms. The summed E-state index contributed by atoms with van der Waals surface area (Å²) >= 11 is 0. The van der Waals surface area contributed by atoms with Gasteiger partial charge in [0.05, 0.1) is 12.0 Å². The van der Waals surface area contributed by atoms with Crippen molar-refractivity contribution < 1.29 is 9.53 Å². The molecule has 2 nitrogen and oxygen atoms in total. The molecular weight excluding hydrogens is 236 g/mol. The molecule has 2 heteroatoms. The van der Waals surface area contributed by atoms with Crippen molar-refractivity contribution in [2.24, 2.45) is 0 Å². The Labute approximate surface area is 112 Å². The maximum absolute atomic E-state index is 12.3. The van der Waals surface area contributed by atoms with Gasteiger partial charge in [-0.2, -0.15) is 0 Å². The first-order chi connectivity index (χ1) is 9.26. The molecule has 2 aromatic rings. The van der Waals surface area contributed by atoms with E-state index in [2.05, 4.69) is 24.3 Å². The van der Waals surface area contributed by atoms with E-state index in [-0.39, 0.29) is 11.4 Å². The lowest BCUT2D eigenvalue weighted by atomic mass is 9.87. The Morgan fingerprint density at radius 2 is 1.47 bits per heavy atom. The zero-order valence-electron chi connectivity index (χ0n) is 10.6. The zero-order chi connectivity index (χ0) is 12.9. The second-order valence-corrected chi connectivity index (χ2v) is 5.50. The molecule has 0 saturated carbocycles. The van der Waals surface area contributed by atoms with E-state index in [4.69, 9.17) is 4.74 Å². The van der Waals surface area contributed by atoms with Crippen LogP contribution in [0.15, 0.2) is 48.5 Å². The van der Waals surface area contributed by atoms with Gasteiger partial charge in [-0.1, -0.05) is 36.4 Å². The fourth-order valence-electron chi connectivity index (χ4n) is 3.30. The van der Waals surface area contributed by atoms with Gasteiger partial charge in [0.2, 0.25) is 0 Å². The van der Waals surface area contributed by atoms with E-state index in [1.165, 1.54) is 11.1 Å². The van der Waals surface area contributed by atoms with Gasteiger partial charge in [-0.05, 0) is 23.3 Å². The number of carbonyl (C=O) groups excluding carboxylic acids is 1. The number of hydrogen-bond acceptors (Lipinski definition) is 2. The van der Waals surface area contributed by atoms with Gasteiger partial charge in [0.15, 0.2) is 5.78 Å². The number of Topliss-reactive ketones (excluding diaryl/α,β-unsaturated/α-hetero) is 1. The van der Waals surface area contributed by atoms with Crippen molar-refractivity contribution in [2.75, 3.05) is 0 Å². The fraction of sp³-hybridized carbons (Fsp3) is 0.235. The second-order valence-electron chi connectivity index (χ2n) is 5.50. The summed E-state index contributed by atoms with van der Waals surface area (Å²) in [6.45, 7) is 0. The van der Waals surface area contributed by atoms with Gasteiger partial charge in [0, 0.05) is 12.8 Å². The van der Waals surface area contributed by atoms with E-state index in [1.807, 2.05) is 24.3 Å². The number of benzene rings is 2. The number of para-hydroxylation sites is 1. The minimum atomic E-state index is -0.352. The lowest BCUT2D eigenvalue weighted by Crippen LogP contribution is -2.42. The van der Waals surface area contributed by atoms with Gasteiger partial charge in [0.1, 0.15) is 11.4 Å². The Morgan fingerprint density at radius 3 is 2.21 bits per heavy atom. The molecule has 1 heterocycles. The molecule has 0 fully saturated rings. The van der Waals surface area contributed by atoms with E-state index in [1.54, 1.807) is 0 Å². The van der Waals surface area contributed by atoms with Crippen LogP contribution in [0.1, 0.15) is 27.9 Å². The highest BCUT2D eigenvalue weighted by molar-refractivity contribution is 6.00. The summed E-state index contributed by atoms with van der Waals surface area (Å²) in [5, 5.41) is 0. The standard InChI is InChI=1S/C17H14O2/c18-15-11-17(19-16-8-4-3-7-14(15)16)9-12-5-1-2-6-13(12)10-17/h1-8H,9-11H2. The molecule has 1 aliphatic heterocycles. The quantitative estimate of drug-likeness (QED) is 0.717. The van der Waals surface area contributed by atoms with E-state index in [0.717, 1.165) is 24.2 Å². The van der Waals surface area contributed by atoms with E-state index < -0.39 is 0 Å². The summed E-state index contributed by atoms with van der Waals surface area (Å²) in [6.07, 6.45) is 2.16. The fourth-order valence-corrected chi connectivity index (χ4v) is 3.30. The van der Waals surface area contributed by atoms with Crippen LogP contribution >= 0.6 is 0 Å². The lowest BCUT2D eigenvalue weighted by Gasteiger charge is -2.34. The van der Waals surface area contributed by atoms with Crippen molar-refractivity contribution in [3.05, 3.63) is 65.2 Å². The first-order valence-corrected chi connectivity index (χ1v) is 6.64. The van der Waals surface area contributed by atoms with E-state index >= 15 is 0 Å². The molecule has 2 aromatic carbocycles. The lowest BCUT2D eigenvalue weighted by molar-refractivity contribution is 0.0472. The first-order valence-electron chi connectivity index (χ1n) is 6.64. The van der Waals surface area contributed by atoms with Crippen molar-refractivity contribution in [2.45, 2.75) is 24.9 Å². The van der Waals surface area contributed by atoms with Crippen LogP contribution in [-0.2, 0) is 12.8 Å². The Kier molecular flexibility index (Phi) is 2.10. The van der Waals surface area contributed by atoms with Crippen molar-refractivity contribution in [3.8, 4) is 5.75 Å². The predicted octanol–water partition coefficient (Wildman–Crippen LogP) is 3.19. The van der Waals surface area contributed by atoms with Crippen LogP contribution < -0.4 is 4.74 Å². The van der Waals surface area contributed by atoms with Gasteiger partial charge >= 0.3 is 0 Å². The van der Waals surface area contributed by atoms with Crippen LogP contribution in [0.3, 0.4) is 0 Å². The van der Waals surface area contributed by atoms with Crippen LogP contribution in [0.5, 0.6) is 5.75 Å². The minimum Gasteiger partial charge on any atom is -0.485 e. The summed E-state index contributed by atoms with van der Waals surface area (Å²) in [5.41, 5.74) is 3.00. The highest BCUT2D eigenvalue weighted by Gasteiger charge is 2.44. The van der Waals surface area contributed by atoms with Crippen LogP contribution in [0, 0.1) is 0 Å². The molecule has 1 spiro atoms. The Bertz CT molecular complexity index is 647. The molecule has 0 unspecified atom stereocenters. The number of rotatable bonds is 0. The van der Waals surface area contributed by atoms with Crippen molar-refractivity contribution >= 4 is 5.78 Å². The molecule has 4 rings (SSSR count). The number of ether oxygens (including phenoxy) is 1. The highest BCUT2D eigenvalue weighted by Crippen LogP contribution is 2.41. The van der Waals surface area contributed by atoms with Gasteiger partial charge < -0.3 is 4.74 Å². The molecule has 0 aromatic heterocycles. The van der Waals surface area contributed by atoms with Gasteiger partial charge in [-0.15, -0.1) is 0 Å². The molecule has 2 aliphatic rings. The SMILES string of the molecule is O=C1CC2(Cc3ccccc3C2)Oc2ccccc21. The van der Waals surface area contributed by atoms with Gasteiger partial charge in [-0.3, -0.25) is 4.79 Å². The molecule has 0 atom stereocenters. The van der Waals surface area contributed by atoms with E-state index in [9.17, 15) is 4.79 Å². The van der Waals surface area contributed by atoms with Gasteiger partial charge in [0.25, 0.3) is 0 Å². The first kappa shape index (κ1) is 10.8. The summed E-state index contributed by atoms with van der Waals surface area (Å²) in [5.74, 6) is 0.946. The summed E-state index contributed by atoms with van der Waals surface area (Å²) < 4.78 is 6.21. The number of fused-ring (bicyclic) bond motifs is 2. The normalized spacial score (nSPS) is 18.8. The van der Waals surface area contributed by atoms with Crippen LogP contribution in [-0.4, -0.2) is 11.4 Å². The third kappa shape index (κ3) is 1.60. The molecule has 0 radical (unpaired) electrons. The Balaban J connectivity index is 1.75. The molecule has 94 valence electrons. The molecule has 0 N–H and O–H groups in total. The molecular formula is C17H14O2. The predicted molar refractivity (Wildman–Crippen MR) is 72.6 cm³/mol. The second kappa shape index (κ2) is 3.70. The summed E-state index contributed by atoms with van der Waals surface area (Å²) in [7, 11) is 0. The molecule has 0 bridgehead atoms. The summed E-state index contributed by atoms with van der Waals surface area (Å²) in [4.78, 5) is 12.3. The zero-order valence-corrected chi connectivity index (χ0v) is 10.6. The van der Waals surface area contributed by atoms with Crippen LogP contribution in [0.4, 0.5) is 0 Å². The average Bonchev–Trinajstić information content (AvgIpc) is 2.75. The van der Waals surface area contributed by atoms with Crippen molar-refractivity contribution in [3.63, 3.8) is 0 Å². The maximum Gasteiger partial charge on any atom is 0.170 e. The van der Waals surface area contributed by atoms with Crippen molar-refractivity contribution in [1.82, 2.24) is 0 Å². The Morgan fingerprint density at radius 1 is 0.842 bits per heavy atom. The number of carbonyl (C=O) groups is 1. The largest absolute Gasteiger partial charge is 0.485 e. The molecule has 0 saturated heterocycles. The Hall–Kier alpha value is -2.09. The molecule has 1 aliphatic carbocycles. The van der Waals surface area contributed by atoms with Crippen LogP contribution in [0.25, 0.3) is 0 Å². The summed E-state index contributed by atoms with van der Waals surface area (Å²) in [6, 6.07) is 15.9. The average molecular weight is 250 g/mol. The van der Waals surface area contributed by atoms with Gasteiger partial charge in [-0.25, -0.2) is 0 Å². The van der Waals surface area contributed by atoms with E-state index in [0.29, 0.717) is 6.42 Å². The third-order valence-corrected chi connectivity index (χ3v) is 4.14. The molecule has 0 amide bonds. The number of ketones is 1. The van der Waals surface area contributed by atoms with Crippen LogP contribution in [0.2, 0.25) is 0 Å². The van der Waals surface area contributed by atoms with Crippen molar-refractivity contribution in [1.29, 1.82) is 0 Å². The smallest absolute Gasteiger partial charge is 0.170 e. The highest BCUT2D eigenvalue weighted by atomic mass is 16.5. The third-order valence-electron chi connectivity index (χ3n) is 4.14. The maximum atomic E-state index is 12.3. The monoisotopic (exact) mass is 250 g/mol. The number of hydrogen-bond donors (Lipinski definition) is 0. The minimum absolute atomic E-state index is 0.203. The topological polar surface area (TPSA) is 26.3 Å².